The highest BCUT2D eigenvalue weighted by Crippen LogP contribution is 2.24. The molecule has 5 heteroatoms. The zero-order chi connectivity index (χ0) is 12.4. The highest BCUT2D eigenvalue weighted by Gasteiger charge is 2.15. The second kappa shape index (κ2) is 5.20. The predicted molar refractivity (Wildman–Crippen MR) is 74.4 cm³/mol. The molecule has 0 radical (unpaired) electrons. The van der Waals surface area contributed by atoms with Crippen LogP contribution in [0.25, 0.3) is 11.0 Å². The molecule has 0 saturated carbocycles. The van der Waals surface area contributed by atoms with E-state index in [-0.39, 0.29) is 0 Å². The van der Waals surface area contributed by atoms with Gasteiger partial charge in [-0.15, -0.1) is 0 Å². The van der Waals surface area contributed by atoms with Gasteiger partial charge in [0.25, 0.3) is 0 Å². The van der Waals surface area contributed by atoms with Crippen molar-refractivity contribution in [2.75, 3.05) is 19.4 Å². The first-order chi connectivity index (χ1) is 8.85. The van der Waals surface area contributed by atoms with Crippen molar-refractivity contribution in [3.63, 3.8) is 0 Å². The van der Waals surface area contributed by atoms with Crippen LogP contribution < -0.4 is 10.1 Å². The molecular weight excluding hydrogens is 246 g/mol. The molecule has 0 aliphatic carbocycles. The number of hydrogen-bond donors (Lipinski definition) is 2. The number of nitrogens with one attached hydrogen (secondary N) is 2. The van der Waals surface area contributed by atoms with Crippen LogP contribution in [0.1, 0.15) is 12.8 Å². The fourth-order valence-corrected chi connectivity index (χ4v) is 3.23. The second-order valence-electron chi connectivity index (χ2n) is 4.53. The number of hydrogen-bond acceptors (Lipinski definition) is 4. The van der Waals surface area contributed by atoms with E-state index in [1.54, 1.807) is 18.9 Å². The largest absolute Gasteiger partial charge is 0.497 e. The highest BCUT2D eigenvalue weighted by molar-refractivity contribution is 7.99. The summed E-state index contributed by atoms with van der Waals surface area (Å²) in [7, 11) is 1.68. The first kappa shape index (κ1) is 11.9. The van der Waals surface area contributed by atoms with Gasteiger partial charge in [-0.3, -0.25) is 0 Å². The van der Waals surface area contributed by atoms with Crippen LogP contribution in [0.4, 0.5) is 0 Å². The Bertz CT molecular complexity index is 534. The Kier molecular flexibility index (Phi) is 3.43. The molecule has 1 atom stereocenters. The lowest BCUT2D eigenvalue weighted by Crippen LogP contribution is -2.23. The van der Waals surface area contributed by atoms with Gasteiger partial charge in [0.05, 0.1) is 18.1 Å². The fourth-order valence-electron chi connectivity index (χ4n) is 2.24. The van der Waals surface area contributed by atoms with Gasteiger partial charge in [-0.25, -0.2) is 4.98 Å². The lowest BCUT2D eigenvalue weighted by atomic mass is 10.3. The van der Waals surface area contributed by atoms with E-state index in [4.69, 9.17) is 4.74 Å². The molecule has 4 nitrogen and oxygen atoms in total. The van der Waals surface area contributed by atoms with E-state index in [0.29, 0.717) is 6.04 Å². The third kappa shape index (κ3) is 2.47. The van der Waals surface area contributed by atoms with Crippen molar-refractivity contribution < 1.29 is 4.74 Å². The third-order valence-corrected chi connectivity index (χ3v) is 4.29. The number of imidazole rings is 1. The van der Waals surface area contributed by atoms with E-state index in [2.05, 4.69) is 15.3 Å². The van der Waals surface area contributed by atoms with Crippen LogP contribution in [0.15, 0.2) is 23.4 Å². The van der Waals surface area contributed by atoms with Crippen molar-refractivity contribution >= 4 is 22.8 Å². The van der Waals surface area contributed by atoms with Gasteiger partial charge in [0.2, 0.25) is 0 Å². The molecule has 0 amide bonds. The Hall–Kier alpha value is -1.20. The van der Waals surface area contributed by atoms with Gasteiger partial charge in [-0.05, 0) is 31.5 Å². The molecule has 18 heavy (non-hydrogen) atoms. The lowest BCUT2D eigenvalue weighted by Gasteiger charge is -2.06. The van der Waals surface area contributed by atoms with E-state index in [0.717, 1.165) is 34.2 Å². The summed E-state index contributed by atoms with van der Waals surface area (Å²) in [6.07, 6.45) is 2.57. The van der Waals surface area contributed by atoms with Crippen molar-refractivity contribution in [3.8, 4) is 5.75 Å². The van der Waals surface area contributed by atoms with Crippen LogP contribution >= 0.6 is 11.8 Å². The molecule has 2 aromatic rings. The molecule has 3 rings (SSSR count). The van der Waals surface area contributed by atoms with E-state index in [9.17, 15) is 0 Å². The number of fused-ring (bicyclic) bond motifs is 1. The molecule has 0 unspecified atom stereocenters. The van der Waals surface area contributed by atoms with Gasteiger partial charge >= 0.3 is 0 Å². The molecule has 1 aliphatic heterocycles. The van der Waals surface area contributed by atoms with Crippen LogP contribution in [0, 0.1) is 0 Å². The Morgan fingerprint density at radius 2 is 2.44 bits per heavy atom. The summed E-state index contributed by atoms with van der Waals surface area (Å²) >= 11 is 1.79. The van der Waals surface area contributed by atoms with Gasteiger partial charge in [0.15, 0.2) is 5.16 Å². The number of methoxy groups -OCH3 is 1. The molecular formula is C13H17N3OS. The quantitative estimate of drug-likeness (QED) is 0.832. The number of thioether (sulfide) groups is 1. The number of aromatic amines is 1. The maximum atomic E-state index is 5.21. The van der Waals surface area contributed by atoms with E-state index < -0.39 is 0 Å². The minimum Gasteiger partial charge on any atom is -0.497 e. The Balaban J connectivity index is 1.72. The Labute approximate surface area is 111 Å². The molecule has 1 fully saturated rings. The number of benzene rings is 1. The van der Waals surface area contributed by atoms with E-state index >= 15 is 0 Å². The topological polar surface area (TPSA) is 49.9 Å². The van der Waals surface area contributed by atoms with Crippen LogP contribution in [0.5, 0.6) is 5.75 Å². The average Bonchev–Trinajstić information content (AvgIpc) is 3.04. The number of nitrogens with zero attached hydrogens (tertiary/aromatic N) is 1. The van der Waals surface area contributed by atoms with Gasteiger partial charge in [-0.1, -0.05) is 11.8 Å². The normalized spacial score (nSPS) is 19.5. The SMILES string of the molecule is COc1ccc2nc(SC[C@H]3CCCN3)[nH]c2c1. The first-order valence-corrected chi connectivity index (χ1v) is 7.23. The number of rotatable bonds is 4. The van der Waals surface area contributed by atoms with Crippen LogP contribution in [0.3, 0.4) is 0 Å². The number of aromatic nitrogens is 2. The summed E-state index contributed by atoms with van der Waals surface area (Å²) in [5.74, 6) is 1.94. The molecule has 1 aliphatic rings. The maximum absolute atomic E-state index is 5.21. The molecule has 96 valence electrons. The smallest absolute Gasteiger partial charge is 0.166 e. The van der Waals surface area contributed by atoms with Gasteiger partial charge in [0, 0.05) is 17.9 Å². The highest BCUT2D eigenvalue weighted by atomic mass is 32.2. The maximum Gasteiger partial charge on any atom is 0.166 e. The summed E-state index contributed by atoms with van der Waals surface area (Å²) in [6.45, 7) is 1.16. The van der Waals surface area contributed by atoms with Crippen LogP contribution in [-0.4, -0.2) is 35.4 Å². The summed E-state index contributed by atoms with van der Waals surface area (Å²) in [5.41, 5.74) is 2.04. The Morgan fingerprint density at radius 3 is 3.22 bits per heavy atom. The molecule has 2 heterocycles. The predicted octanol–water partition coefficient (Wildman–Crippen LogP) is 2.42. The zero-order valence-corrected chi connectivity index (χ0v) is 11.2. The lowest BCUT2D eigenvalue weighted by molar-refractivity contribution is 0.415. The fraction of sp³-hybridized carbons (Fsp3) is 0.462. The van der Waals surface area contributed by atoms with Gasteiger partial charge in [-0.2, -0.15) is 0 Å². The summed E-state index contributed by atoms with van der Waals surface area (Å²) in [4.78, 5) is 7.91. The average molecular weight is 263 g/mol. The third-order valence-electron chi connectivity index (χ3n) is 3.25. The minimum atomic E-state index is 0.637. The minimum absolute atomic E-state index is 0.637. The molecule has 1 aromatic heterocycles. The van der Waals surface area contributed by atoms with Crippen molar-refractivity contribution in [2.24, 2.45) is 0 Å². The summed E-state index contributed by atoms with van der Waals surface area (Å²) < 4.78 is 5.21. The standard InChI is InChI=1S/C13H17N3OS/c1-17-10-4-5-11-12(7-10)16-13(15-11)18-8-9-3-2-6-14-9/h4-5,7,9,14H,2-3,6,8H2,1H3,(H,15,16)/t9-/m1/s1. The number of ether oxygens (including phenoxy) is 1. The zero-order valence-electron chi connectivity index (χ0n) is 10.4. The summed E-state index contributed by atoms with van der Waals surface area (Å²) in [5, 5.41) is 4.49. The van der Waals surface area contributed by atoms with Crippen LogP contribution in [-0.2, 0) is 0 Å². The van der Waals surface area contributed by atoms with Crippen molar-refractivity contribution in [3.05, 3.63) is 18.2 Å². The van der Waals surface area contributed by atoms with Crippen molar-refractivity contribution in [2.45, 2.75) is 24.0 Å². The molecule has 1 saturated heterocycles. The van der Waals surface area contributed by atoms with E-state index in [1.807, 2.05) is 18.2 Å². The van der Waals surface area contributed by atoms with Crippen molar-refractivity contribution in [1.82, 2.24) is 15.3 Å². The van der Waals surface area contributed by atoms with Gasteiger partial charge in [0.1, 0.15) is 5.75 Å². The van der Waals surface area contributed by atoms with Crippen LogP contribution in [0.2, 0.25) is 0 Å². The molecule has 0 spiro atoms. The van der Waals surface area contributed by atoms with Crippen molar-refractivity contribution in [1.29, 1.82) is 0 Å². The van der Waals surface area contributed by atoms with Gasteiger partial charge < -0.3 is 15.0 Å². The molecule has 0 bridgehead atoms. The monoisotopic (exact) mass is 263 g/mol. The van der Waals surface area contributed by atoms with E-state index in [1.165, 1.54) is 12.8 Å². The Morgan fingerprint density at radius 1 is 1.50 bits per heavy atom. The number of H-pyrrole nitrogens is 1. The summed E-state index contributed by atoms with van der Waals surface area (Å²) in [6, 6.07) is 6.55. The molecule has 2 N–H and O–H groups in total. The molecule has 1 aromatic carbocycles. The second-order valence-corrected chi connectivity index (χ2v) is 5.54. The first-order valence-electron chi connectivity index (χ1n) is 6.25.